The molecule has 1 aromatic rings. The van der Waals surface area contributed by atoms with Crippen LogP contribution in [0.4, 0.5) is 4.39 Å². The van der Waals surface area contributed by atoms with Gasteiger partial charge in [-0.25, -0.2) is 12.8 Å². The molecule has 2 aliphatic heterocycles. The van der Waals surface area contributed by atoms with Crippen molar-refractivity contribution >= 4 is 15.7 Å². The minimum absolute atomic E-state index is 0.107. The lowest BCUT2D eigenvalue weighted by atomic mass is 9.95. The van der Waals surface area contributed by atoms with Crippen LogP contribution < -0.4 is 10.1 Å². The number of ether oxygens (including phenoxy) is 1. The number of halogens is 1. The van der Waals surface area contributed by atoms with E-state index in [9.17, 15) is 17.6 Å². The van der Waals surface area contributed by atoms with Crippen molar-refractivity contribution in [1.82, 2.24) is 5.32 Å². The molecule has 1 N–H and O–H groups in total. The van der Waals surface area contributed by atoms with E-state index in [1.165, 1.54) is 12.1 Å². The van der Waals surface area contributed by atoms with Crippen LogP contribution in [0.3, 0.4) is 0 Å². The molecule has 0 radical (unpaired) electrons. The lowest BCUT2D eigenvalue weighted by Gasteiger charge is -2.28. The number of benzene rings is 1. The summed E-state index contributed by atoms with van der Waals surface area (Å²) in [5.74, 6) is -0.0116. The highest BCUT2D eigenvalue weighted by Gasteiger charge is 2.30. The van der Waals surface area contributed by atoms with Gasteiger partial charge in [-0.3, -0.25) is 4.79 Å². The number of sulfone groups is 1. The molecule has 1 fully saturated rings. The Labute approximate surface area is 128 Å². The number of fused-ring (bicyclic) bond motifs is 1. The molecule has 0 aromatic heterocycles. The zero-order chi connectivity index (χ0) is 15.7. The highest BCUT2D eigenvalue weighted by molar-refractivity contribution is 7.91. The Morgan fingerprint density at radius 3 is 2.73 bits per heavy atom. The highest BCUT2D eigenvalue weighted by Crippen LogP contribution is 2.28. The van der Waals surface area contributed by atoms with Gasteiger partial charge in [-0.2, -0.15) is 0 Å². The second kappa shape index (κ2) is 5.87. The van der Waals surface area contributed by atoms with Gasteiger partial charge in [0, 0.05) is 6.04 Å². The average molecular weight is 327 g/mol. The summed E-state index contributed by atoms with van der Waals surface area (Å²) in [6, 6.07) is 4.19. The number of rotatable bonds is 2. The van der Waals surface area contributed by atoms with Crippen molar-refractivity contribution in [2.75, 3.05) is 18.1 Å². The summed E-state index contributed by atoms with van der Waals surface area (Å²) in [4.78, 5) is 12.3. The Morgan fingerprint density at radius 1 is 1.27 bits per heavy atom. The molecule has 0 saturated carbocycles. The molecule has 2 heterocycles. The molecule has 7 heteroatoms. The molecule has 0 unspecified atom stereocenters. The third-order valence-electron chi connectivity index (χ3n) is 4.20. The van der Waals surface area contributed by atoms with Gasteiger partial charge in [0.1, 0.15) is 28.0 Å². The maximum absolute atomic E-state index is 13.3. The number of amides is 1. The summed E-state index contributed by atoms with van der Waals surface area (Å²) < 4.78 is 41.5. The normalized spacial score (nSPS) is 24.1. The molecule has 0 bridgehead atoms. The van der Waals surface area contributed by atoms with E-state index in [1.54, 1.807) is 6.07 Å². The van der Waals surface area contributed by atoms with Crippen molar-refractivity contribution in [3.63, 3.8) is 0 Å². The maximum atomic E-state index is 13.3. The molecular formula is C15H18FNO4S. The van der Waals surface area contributed by atoms with Crippen molar-refractivity contribution in [3.8, 4) is 5.75 Å². The topological polar surface area (TPSA) is 72.5 Å². The Hall–Kier alpha value is -1.63. The Balaban J connectivity index is 1.60. The zero-order valence-electron chi connectivity index (χ0n) is 12.0. The predicted molar refractivity (Wildman–Crippen MR) is 78.9 cm³/mol. The second-order valence-electron chi connectivity index (χ2n) is 5.90. The van der Waals surface area contributed by atoms with Gasteiger partial charge in [-0.15, -0.1) is 0 Å². The van der Waals surface area contributed by atoms with Crippen molar-refractivity contribution in [2.24, 2.45) is 5.92 Å². The Kier molecular flexibility index (Phi) is 4.08. The van der Waals surface area contributed by atoms with Crippen LogP contribution in [0.2, 0.25) is 0 Å². The summed E-state index contributed by atoms with van der Waals surface area (Å²) in [7, 11) is -2.94. The van der Waals surface area contributed by atoms with Gasteiger partial charge in [-0.1, -0.05) is 0 Å². The number of carbonyl (C=O) groups excluding carboxylic acids is 1. The molecule has 0 aliphatic carbocycles. The van der Waals surface area contributed by atoms with Gasteiger partial charge < -0.3 is 10.1 Å². The summed E-state index contributed by atoms with van der Waals surface area (Å²) in [5.41, 5.74) is 0.692. The molecule has 5 nitrogen and oxygen atoms in total. The van der Waals surface area contributed by atoms with Crippen LogP contribution >= 0.6 is 0 Å². The van der Waals surface area contributed by atoms with E-state index in [0.29, 0.717) is 30.6 Å². The van der Waals surface area contributed by atoms with Gasteiger partial charge in [0.15, 0.2) is 0 Å². The van der Waals surface area contributed by atoms with Crippen LogP contribution in [0.5, 0.6) is 5.75 Å². The Morgan fingerprint density at radius 2 is 2.00 bits per heavy atom. The van der Waals surface area contributed by atoms with E-state index in [1.807, 2.05) is 0 Å². The van der Waals surface area contributed by atoms with Crippen LogP contribution in [0.1, 0.15) is 18.4 Å². The van der Waals surface area contributed by atoms with Crippen molar-refractivity contribution in [2.45, 2.75) is 25.3 Å². The van der Waals surface area contributed by atoms with Gasteiger partial charge in [0.2, 0.25) is 5.91 Å². The van der Waals surface area contributed by atoms with Crippen LogP contribution in [0, 0.1) is 11.7 Å². The minimum atomic E-state index is -2.94. The van der Waals surface area contributed by atoms with Crippen molar-refractivity contribution in [3.05, 3.63) is 29.6 Å². The monoisotopic (exact) mass is 327 g/mol. The minimum Gasteiger partial charge on any atom is -0.492 e. The first-order valence-corrected chi connectivity index (χ1v) is 9.17. The van der Waals surface area contributed by atoms with Crippen LogP contribution in [0.25, 0.3) is 0 Å². The third kappa shape index (κ3) is 3.40. The first kappa shape index (κ1) is 15.3. The molecular weight excluding hydrogens is 309 g/mol. The summed E-state index contributed by atoms with van der Waals surface area (Å²) in [5, 5.41) is 2.89. The molecule has 2 aliphatic rings. The van der Waals surface area contributed by atoms with Crippen molar-refractivity contribution in [1.29, 1.82) is 0 Å². The van der Waals surface area contributed by atoms with E-state index in [-0.39, 0.29) is 41.8 Å². The molecule has 1 atom stereocenters. The zero-order valence-corrected chi connectivity index (χ0v) is 12.9. The fraction of sp³-hybridized carbons (Fsp3) is 0.533. The van der Waals surface area contributed by atoms with Gasteiger partial charge >= 0.3 is 0 Å². The quantitative estimate of drug-likeness (QED) is 0.882. The number of hydrogen-bond acceptors (Lipinski definition) is 4. The summed E-state index contributed by atoms with van der Waals surface area (Å²) in [6.07, 6.45) is 1.34. The SMILES string of the molecule is O=C(NC1CCS(=O)(=O)CC1)[C@H]1COc2ccc(F)cc2C1. The molecule has 0 spiro atoms. The first-order valence-electron chi connectivity index (χ1n) is 7.35. The lowest BCUT2D eigenvalue weighted by Crippen LogP contribution is -2.45. The van der Waals surface area contributed by atoms with Crippen molar-refractivity contribution < 1.29 is 22.3 Å². The van der Waals surface area contributed by atoms with Gasteiger partial charge in [0.25, 0.3) is 0 Å². The molecule has 120 valence electrons. The van der Waals surface area contributed by atoms with Gasteiger partial charge in [-0.05, 0) is 43.0 Å². The summed E-state index contributed by atoms with van der Waals surface area (Å²) >= 11 is 0. The summed E-state index contributed by atoms with van der Waals surface area (Å²) in [6.45, 7) is 0.259. The van der Waals surface area contributed by atoms with E-state index in [0.717, 1.165) is 0 Å². The maximum Gasteiger partial charge on any atom is 0.227 e. The largest absolute Gasteiger partial charge is 0.492 e. The molecule has 1 aromatic carbocycles. The van der Waals surface area contributed by atoms with Crippen LogP contribution in [0.15, 0.2) is 18.2 Å². The second-order valence-corrected chi connectivity index (χ2v) is 8.20. The lowest BCUT2D eigenvalue weighted by molar-refractivity contribution is -0.127. The standard InChI is InChI=1S/C15H18FNO4S/c16-12-1-2-14-10(8-12)7-11(9-21-14)15(18)17-13-3-5-22(19,20)6-4-13/h1-2,8,11,13H,3-7,9H2,(H,17,18)/t11-/m1/s1. The number of nitrogens with one attached hydrogen (secondary N) is 1. The average Bonchev–Trinajstić information content (AvgIpc) is 2.48. The first-order chi connectivity index (χ1) is 10.4. The van der Waals surface area contributed by atoms with E-state index < -0.39 is 9.84 Å². The predicted octanol–water partition coefficient (Wildman–Crippen LogP) is 1.07. The smallest absolute Gasteiger partial charge is 0.227 e. The van der Waals surface area contributed by atoms with Crippen LogP contribution in [-0.4, -0.2) is 38.5 Å². The Bertz CT molecular complexity index is 675. The molecule has 1 amide bonds. The number of carbonyl (C=O) groups is 1. The highest BCUT2D eigenvalue weighted by atomic mass is 32.2. The van der Waals surface area contributed by atoms with E-state index >= 15 is 0 Å². The van der Waals surface area contributed by atoms with Crippen LogP contribution in [-0.2, 0) is 21.1 Å². The fourth-order valence-corrected chi connectivity index (χ4v) is 4.38. The van der Waals surface area contributed by atoms with Gasteiger partial charge in [0.05, 0.1) is 17.4 Å². The third-order valence-corrected chi connectivity index (χ3v) is 5.92. The van der Waals surface area contributed by atoms with E-state index in [2.05, 4.69) is 5.32 Å². The number of hydrogen-bond donors (Lipinski definition) is 1. The molecule has 3 rings (SSSR count). The van der Waals surface area contributed by atoms with E-state index in [4.69, 9.17) is 4.74 Å². The molecule has 1 saturated heterocycles. The fourth-order valence-electron chi connectivity index (χ4n) is 2.88. The molecule has 22 heavy (non-hydrogen) atoms.